The number of hydrogen-bond acceptors (Lipinski definition) is 0. The summed E-state index contributed by atoms with van der Waals surface area (Å²) in [6.07, 6.45) is 13.9. The van der Waals surface area contributed by atoms with Crippen LogP contribution in [0.5, 0.6) is 0 Å². The average Bonchev–Trinajstić information content (AvgIpc) is 2.10. The van der Waals surface area contributed by atoms with Crippen molar-refractivity contribution in [1.29, 1.82) is 0 Å². The van der Waals surface area contributed by atoms with E-state index in [0.717, 1.165) is 6.42 Å². The predicted molar refractivity (Wildman–Crippen MR) is 59.1 cm³/mol. The second-order valence-corrected chi connectivity index (χ2v) is 3.68. The van der Waals surface area contributed by atoms with Crippen LogP contribution in [0, 0.1) is 6.92 Å². The first-order valence-electron chi connectivity index (χ1n) is 5.71. The van der Waals surface area contributed by atoms with Crippen LogP contribution in [0.4, 0.5) is 0 Å². The summed E-state index contributed by atoms with van der Waals surface area (Å²) in [7, 11) is 0. The number of rotatable bonds is 9. The molecule has 80 valence electrons. The van der Waals surface area contributed by atoms with Gasteiger partial charge in [0.1, 0.15) is 0 Å². The van der Waals surface area contributed by atoms with Crippen LogP contribution in [-0.2, 0) is 0 Å². The lowest BCUT2D eigenvalue weighted by Gasteiger charge is -1.99. The van der Waals surface area contributed by atoms with Crippen LogP contribution in [0.2, 0.25) is 0 Å². The molecule has 0 fully saturated rings. The van der Waals surface area contributed by atoms with E-state index in [1.165, 1.54) is 57.8 Å². The lowest BCUT2D eigenvalue weighted by Crippen LogP contribution is -1.80. The molecule has 0 aliphatic carbocycles. The van der Waals surface area contributed by atoms with Crippen LogP contribution in [0.1, 0.15) is 71.1 Å². The summed E-state index contributed by atoms with van der Waals surface area (Å²) in [4.78, 5) is 0. The Kier molecular flexibility index (Phi) is 17.2. The maximum atomic E-state index is 3.84. The fraction of sp³-hybridized carbons (Fsp3) is 0.917. The van der Waals surface area contributed by atoms with E-state index in [1.54, 1.807) is 0 Å². The van der Waals surface area contributed by atoms with Gasteiger partial charge in [0.15, 0.2) is 0 Å². The third kappa shape index (κ3) is 14.8. The van der Waals surface area contributed by atoms with E-state index in [2.05, 4.69) is 13.8 Å². The van der Waals surface area contributed by atoms with Crippen molar-refractivity contribution in [3.63, 3.8) is 0 Å². The van der Waals surface area contributed by atoms with Crippen molar-refractivity contribution in [1.82, 2.24) is 0 Å². The van der Waals surface area contributed by atoms with Crippen LogP contribution in [0.15, 0.2) is 0 Å². The first-order valence-corrected chi connectivity index (χ1v) is 5.71. The van der Waals surface area contributed by atoms with Crippen molar-refractivity contribution >= 4 is 0 Å². The summed E-state index contributed by atoms with van der Waals surface area (Å²) in [5.41, 5.74) is 0. The molecule has 2 radical (unpaired) electrons. The molecule has 0 unspecified atom stereocenters. The predicted octanol–water partition coefficient (Wildman–Crippen LogP) is 4.56. The molecule has 0 atom stereocenters. The molecule has 0 rings (SSSR count). The molecule has 1 heteroatoms. The van der Waals surface area contributed by atoms with E-state index in [1.807, 2.05) is 0 Å². The van der Waals surface area contributed by atoms with Crippen molar-refractivity contribution in [2.24, 2.45) is 0 Å². The van der Waals surface area contributed by atoms with Crippen LogP contribution in [0.25, 0.3) is 0 Å². The van der Waals surface area contributed by atoms with Crippen LogP contribution >= 0.6 is 0 Å². The summed E-state index contributed by atoms with van der Waals surface area (Å²) in [6.45, 7) is 6.12. The van der Waals surface area contributed by atoms with Gasteiger partial charge in [0.05, 0.1) is 0 Å². The lowest BCUT2D eigenvalue weighted by molar-refractivity contribution is 0.566. The molecule has 0 aromatic carbocycles. The lowest BCUT2D eigenvalue weighted by atomic mass is 10.1. The van der Waals surface area contributed by atoms with Gasteiger partial charge in [-0.15, -0.1) is 0 Å². The van der Waals surface area contributed by atoms with E-state index in [0.29, 0.717) is 0 Å². The monoisotopic (exact) mass is 186 g/mol. The summed E-state index contributed by atoms with van der Waals surface area (Å²) < 4.78 is 0. The molecule has 0 bridgehead atoms. The van der Waals surface area contributed by atoms with Gasteiger partial charge < -0.3 is 0 Å². The molecular weight excluding hydrogens is 160 g/mol. The molecule has 0 saturated carbocycles. The first kappa shape index (κ1) is 15.4. The average molecular weight is 186 g/mol. The van der Waals surface area contributed by atoms with Crippen molar-refractivity contribution in [3.05, 3.63) is 6.92 Å². The summed E-state index contributed by atoms with van der Waals surface area (Å²) >= 11 is 0. The number of unbranched alkanes of at least 4 members (excludes halogenated alkanes) is 9. The van der Waals surface area contributed by atoms with Crippen molar-refractivity contribution in [2.75, 3.05) is 0 Å². The Labute approximate surface area is 84.2 Å². The van der Waals surface area contributed by atoms with E-state index in [-0.39, 0.29) is 5.48 Å². The van der Waals surface area contributed by atoms with Crippen LogP contribution in [0.3, 0.4) is 0 Å². The Hall–Kier alpha value is -0.0400. The Morgan fingerprint density at radius 3 is 1.46 bits per heavy atom. The zero-order valence-electron chi connectivity index (χ0n) is 9.23. The molecule has 0 saturated heterocycles. The minimum absolute atomic E-state index is 0. The molecule has 13 heavy (non-hydrogen) atoms. The van der Waals surface area contributed by atoms with E-state index in [9.17, 15) is 0 Å². The highest BCUT2D eigenvalue weighted by Crippen LogP contribution is 2.09. The Bertz CT molecular complexity index is 61.5. The first-order chi connectivity index (χ1) is 5.91. The van der Waals surface area contributed by atoms with Gasteiger partial charge in [-0.2, -0.15) is 0 Å². The standard InChI is InChI=1S/C12H25.HO/c1-3-5-7-9-11-12-10-8-6-4-2;/h1,3-12H2,2H3;1H. The fourth-order valence-electron chi connectivity index (χ4n) is 1.49. The molecule has 0 amide bonds. The molecule has 1 nitrogen and oxygen atoms in total. The topological polar surface area (TPSA) is 30.0 Å². The van der Waals surface area contributed by atoms with Gasteiger partial charge in [-0.3, -0.25) is 5.48 Å². The normalized spacial score (nSPS) is 9.69. The molecule has 0 heterocycles. The zero-order chi connectivity index (χ0) is 9.07. The zero-order valence-corrected chi connectivity index (χ0v) is 9.23. The highest BCUT2D eigenvalue weighted by Gasteiger charge is 1.90. The fourth-order valence-corrected chi connectivity index (χ4v) is 1.49. The van der Waals surface area contributed by atoms with Gasteiger partial charge in [-0.25, -0.2) is 0 Å². The highest BCUT2D eigenvalue weighted by atomic mass is 16.0. The maximum Gasteiger partial charge on any atom is -0.0533 e. The van der Waals surface area contributed by atoms with Gasteiger partial charge in [0, 0.05) is 0 Å². The second-order valence-electron chi connectivity index (χ2n) is 3.68. The molecule has 0 aliphatic heterocycles. The quantitative estimate of drug-likeness (QED) is 0.511. The molecule has 0 aromatic heterocycles. The Morgan fingerprint density at radius 1 is 0.692 bits per heavy atom. The molecule has 1 N–H and O–H groups in total. The summed E-state index contributed by atoms with van der Waals surface area (Å²) in [6, 6.07) is 0. The van der Waals surface area contributed by atoms with Crippen LogP contribution in [-0.4, -0.2) is 5.48 Å². The minimum Gasteiger partial charge on any atom is -0.255 e. The summed E-state index contributed by atoms with van der Waals surface area (Å²) in [5, 5.41) is 0. The van der Waals surface area contributed by atoms with E-state index >= 15 is 0 Å². The Morgan fingerprint density at radius 2 is 1.08 bits per heavy atom. The molecular formula is C12H26O. The van der Waals surface area contributed by atoms with Gasteiger partial charge in [0.25, 0.3) is 0 Å². The van der Waals surface area contributed by atoms with Gasteiger partial charge in [0.2, 0.25) is 0 Å². The van der Waals surface area contributed by atoms with Crippen molar-refractivity contribution < 1.29 is 5.48 Å². The number of hydrogen-bond donors (Lipinski definition) is 1. The second kappa shape index (κ2) is 14.5. The van der Waals surface area contributed by atoms with Crippen LogP contribution < -0.4 is 0 Å². The Balaban J connectivity index is 0. The SMILES string of the molecule is [CH2]CCCCCCCCCCC.[OH]. The highest BCUT2D eigenvalue weighted by molar-refractivity contribution is 4.47. The van der Waals surface area contributed by atoms with Crippen molar-refractivity contribution in [2.45, 2.75) is 71.1 Å². The van der Waals surface area contributed by atoms with Crippen molar-refractivity contribution in [3.8, 4) is 0 Å². The maximum absolute atomic E-state index is 3.84. The third-order valence-corrected chi connectivity index (χ3v) is 2.35. The van der Waals surface area contributed by atoms with E-state index in [4.69, 9.17) is 0 Å². The molecule has 0 aromatic rings. The summed E-state index contributed by atoms with van der Waals surface area (Å²) in [5.74, 6) is 0. The van der Waals surface area contributed by atoms with E-state index < -0.39 is 0 Å². The van der Waals surface area contributed by atoms with Gasteiger partial charge in [-0.05, 0) is 0 Å². The largest absolute Gasteiger partial charge is 0.255 e. The third-order valence-electron chi connectivity index (χ3n) is 2.35. The molecule has 0 aliphatic rings. The van der Waals surface area contributed by atoms with Gasteiger partial charge in [-0.1, -0.05) is 78.1 Å². The molecule has 0 spiro atoms. The smallest absolute Gasteiger partial charge is 0.0533 e. The van der Waals surface area contributed by atoms with Gasteiger partial charge >= 0.3 is 0 Å². The minimum atomic E-state index is 0.